The van der Waals surface area contributed by atoms with Gasteiger partial charge in [0.2, 0.25) is 0 Å². The van der Waals surface area contributed by atoms with Crippen molar-refractivity contribution < 1.29 is 56.4 Å². The van der Waals surface area contributed by atoms with Crippen LogP contribution in [0, 0.1) is 5.92 Å². The van der Waals surface area contributed by atoms with Crippen LogP contribution in [0.4, 0.5) is 0 Å². The fraction of sp³-hybridized carbons (Fsp3) is 0.538. The molecular weight excluding hydrogens is 529 g/mol. The molecule has 1 fully saturated rings. The van der Waals surface area contributed by atoms with E-state index in [2.05, 4.69) is 0 Å². The van der Waals surface area contributed by atoms with Crippen LogP contribution in [-0.4, -0.2) is 6.61 Å². The summed E-state index contributed by atoms with van der Waals surface area (Å²) in [7, 11) is 0. The minimum Gasteiger partial charge on any atom is -0.493 e. The van der Waals surface area contributed by atoms with Gasteiger partial charge in [0.15, 0.2) is 0 Å². The van der Waals surface area contributed by atoms with E-state index >= 15 is 0 Å². The standard InChI is InChI=1S/C13H18O.2Hf/c1-3-7-12(8-4-1)11-14-13-9-5-2-6-10-13;;/h2,5-6,9-10,12H,1,3-4,7-8,11H2;;/q;2*+4. The first-order valence-corrected chi connectivity index (χ1v) is 5.63. The molecule has 1 nitrogen and oxygen atoms in total. The maximum atomic E-state index is 5.75. The van der Waals surface area contributed by atoms with E-state index < -0.39 is 0 Å². The van der Waals surface area contributed by atoms with E-state index in [0.717, 1.165) is 18.3 Å². The molecule has 1 aliphatic rings. The van der Waals surface area contributed by atoms with Crippen molar-refractivity contribution in [1.82, 2.24) is 0 Å². The molecule has 1 saturated carbocycles. The van der Waals surface area contributed by atoms with E-state index in [1.807, 2.05) is 30.3 Å². The molecule has 0 atom stereocenters. The zero-order valence-electron chi connectivity index (χ0n) is 9.61. The summed E-state index contributed by atoms with van der Waals surface area (Å²) in [6.45, 7) is 0.907. The molecule has 0 unspecified atom stereocenters. The third-order valence-electron chi connectivity index (χ3n) is 2.95. The zero-order valence-corrected chi connectivity index (χ0v) is 16.8. The van der Waals surface area contributed by atoms with Gasteiger partial charge in [-0.3, -0.25) is 0 Å². The Morgan fingerprint density at radius 1 is 0.938 bits per heavy atom. The Morgan fingerprint density at radius 3 is 2.19 bits per heavy atom. The topological polar surface area (TPSA) is 9.23 Å². The van der Waals surface area contributed by atoms with Crippen molar-refractivity contribution in [3.05, 3.63) is 30.3 Å². The van der Waals surface area contributed by atoms with Crippen LogP contribution in [0.1, 0.15) is 32.1 Å². The molecule has 0 heterocycles. The Bertz CT molecular complexity index is 258. The van der Waals surface area contributed by atoms with Gasteiger partial charge in [-0.25, -0.2) is 0 Å². The van der Waals surface area contributed by atoms with E-state index in [1.165, 1.54) is 32.1 Å². The van der Waals surface area contributed by atoms with Crippen LogP contribution in [0.15, 0.2) is 30.3 Å². The third-order valence-corrected chi connectivity index (χ3v) is 2.95. The van der Waals surface area contributed by atoms with Crippen molar-refractivity contribution >= 4 is 0 Å². The molecule has 0 saturated heterocycles. The molecule has 0 aliphatic heterocycles. The second-order valence-corrected chi connectivity index (χ2v) is 4.13. The normalized spacial score (nSPS) is 15.8. The molecule has 3 heteroatoms. The Kier molecular flexibility index (Phi) is 10.2. The molecule has 0 amide bonds. The summed E-state index contributed by atoms with van der Waals surface area (Å²) in [4.78, 5) is 0. The van der Waals surface area contributed by atoms with Gasteiger partial charge in [-0.15, -0.1) is 0 Å². The van der Waals surface area contributed by atoms with E-state index in [9.17, 15) is 0 Å². The minimum atomic E-state index is 0. The van der Waals surface area contributed by atoms with Crippen molar-refractivity contribution in [2.45, 2.75) is 32.1 Å². The van der Waals surface area contributed by atoms with Crippen LogP contribution < -0.4 is 4.74 Å². The largest absolute Gasteiger partial charge is 4.00 e. The number of ether oxygens (including phenoxy) is 1. The number of hydrogen-bond acceptors (Lipinski definition) is 1. The van der Waals surface area contributed by atoms with Gasteiger partial charge in [0.25, 0.3) is 0 Å². The van der Waals surface area contributed by atoms with Crippen LogP contribution in [0.25, 0.3) is 0 Å². The predicted molar refractivity (Wildman–Crippen MR) is 58.5 cm³/mol. The van der Waals surface area contributed by atoms with Crippen LogP contribution in [-0.2, 0) is 51.7 Å². The average Bonchev–Trinajstić information content (AvgIpc) is 2.29. The minimum absolute atomic E-state index is 0. The smallest absolute Gasteiger partial charge is 0.493 e. The SMILES string of the molecule is [Hf+4].[Hf+4].c1ccc(OCC2CCCCC2)cc1. The fourth-order valence-electron chi connectivity index (χ4n) is 2.08. The van der Waals surface area contributed by atoms with E-state index in [0.29, 0.717) is 0 Å². The maximum Gasteiger partial charge on any atom is 4.00 e. The van der Waals surface area contributed by atoms with Gasteiger partial charge in [-0.1, -0.05) is 37.5 Å². The van der Waals surface area contributed by atoms with Gasteiger partial charge in [0, 0.05) is 0 Å². The molecular formula is C13H18Hf2O+8. The summed E-state index contributed by atoms with van der Waals surface area (Å²) in [5.74, 6) is 1.81. The zero-order chi connectivity index (χ0) is 9.64. The first kappa shape index (κ1) is 16.8. The summed E-state index contributed by atoms with van der Waals surface area (Å²) < 4.78 is 5.75. The Hall–Kier alpha value is 0.760. The molecule has 0 N–H and O–H groups in total. The summed E-state index contributed by atoms with van der Waals surface area (Å²) in [5.41, 5.74) is 0. The Balaban J connectivity index is 0.00000112. The maximum absolute atomic E-state index is 5.75. The fourth-order valence-corrected chi connectivity index (χ4v) is 2.08. The van der Waals surface area contributed by atoms with Crippen molar-refractivity contribution in [1.29, 1.82) is 0 Å². The molecule has 1 aliphatic carbocycles. The van der Waals surface area contributed by atoms with Gasteiger partial charge in [0.1, 0.15) is 5.75 Å². The van der Waals surface area contributed by atoms with E-state index in [4.69, 9.17) is 4.74 Å². The van der Waals surface area contributed by atoms with E-state index in [-0.39, 0.29) is 51.7 Å². The second-order valence-electron chi connectivity index (χ2n) is 4.13. The number of benzene rings is 1. The van der Waals surface area contributed by atoms with Gasteiger partial charge < -0.3 is 4.74 Å². The van der Waals surface area contributed by atoms with Crippen molar-refractivity contribution in [3.63, 3.8) is 0 Å². The van der Waals surface area contributed by atoms with Crippen LogP contribution in [0.2, 0.25) is 0 Å². The molecule has 0 spiro atoms. The number of hydrogen-bond donors (Lipinski definition) is 0. The van der Waals surface area contributed by atoms with Gasteiger partial charge in [0.05, 0.1) is 6.61 Å². The summed E-state index contributed by atoms with van der Waals surface area (Å²) in [5, 5.41) is 0. The van der Waals surface area contributed by atoms with Crippen LogP contribution >= 0.6 is 0 Å². The van der Waals surface area contributed by atoms with Crippen LogP contribution in [0.5, 0.6) is 5.75 Å². The quantitative estimate of drug-likeness (QED) is 0.526. The first-order valence-electron chi connectivity index (χ1n) is 5.63. The molecule has 76 valence electrons. The summed E-state index contributed by atoms with van der Waals surface area (Å²) in [6, 6.07) is 10.1. The van der Waals surface area contributed by atoms with Gasteiger partial charge in [-0.05, 0) is 30.9 Å². The Morgan fingerprint density at radius 2 is 1.56 bits per heavy atom. The molecule has 0 aromatic heterocycles. The van der Waals surface area contributed by atoms with Crippen molar-refractivity contribution in [2.75, 3.05) is 6.61 Å². The molecule has 1 aromatic rings. The van der Waals surface area contributed by atoms with Crippen molar-refractivity contribution in [3.8, 4) is 5.75 Å². The van der Waals surface area contributed by atoms with Crippen LogP contribution in [0.3, 0.4) is 0 Å². The predicted octanol–water partition coefficient (Wildman–Crippen LogP) is 3.64. The summed E-state index contributed by atoms with van der Waals surface area (Å²) >= 11 is 0. The molecule has 2 rings (SSSR count). The first-order chi connectivity index (χ1) is 6.95. The van der Waals surface area contributed by atoms with Gasteiger partial charge >= 0.3 is 51.7 Å². The van der Waals surface area contributed by atoms with E-state index in [1.54, 1.807) is 0 Å². The monoisotopic (exact) mass is 550 g/mol. The Labute approximate surface area is 136 Å². The second kappa shape index (κ2) is 9.76. The molecule has 16 heavy (non-hydrogen) atoms. The molecule has 0 radical (unpaired) electrons. The molecule has 1 aromatic carbocycles. The molecule has 0 bridgehead atoms. The summed E-state index contributed by atoms with van der Waals surface area (Å²) in [6.07, 6.45) is 6.91. The number of para-hydroxylation sites is 1. The van der Waals surface area contributed by atoms with Crippen molar-refractivity contribution in [2.24, 2.45) is 5.92 Å². The van der Waals surface area contributed by atoms with Gasteiger partial charge in [-0.2, -0.15) is 0 Å². The third kappa shape index (κ3) is 5.90. The average molecular weight is 547 g/mol. The number of rotatable bonds is 3.